The van der Waals surface area contributed by atoms with Gasteiger partial charge < -0.3 is 4.74 Å². The highest BCUT2D eigenvalue weighted by molar-refractivity contribution is 6.20. The number of ether oxygens (including phenoxy) is 1. The number of hydrogen-bond donors (Lipinski definition) is 0. The first-order valence-electron chi connectivity index (χ1n) is 4.14. The first kappa shape index (κ1) is 10.4. The van der Waals surface area contributed by atoms with Crippen molar-refractivity contribution in [2.45, 2.75) is 18.7 Å². The van der Waals surface area contributed by atoms with Crippen LogP contribution in [0.15, 0.2) is 12.3 Å². The minimum absolute atomic E-state index is 0.0493. The van der Waals surface area contributed by atoms with Gasteiger partial charge >= 0.3 is 0 Å². The molecule has 1 rings (SSSR count). The second-order valence-electron chi connectivity index (χ2n) is 2.87. The summed E-state index contributed by atoms with van der Waals surface area (Å²) in [7, 11) is 1.63. The lowest BCUT2D eigenvalue weighted by molar-refractivity contribution is 0.197. The highest BCUT2D eigenvalue weighted by atomic mass is 35.5. The molecular weight excluding hydrogens is 188 g/mol. The van der Waals surface area contributed by atoms with Gasteiger partial charge in [0.05, 0.1) is 12.0 Å². The second kappa shape index (κ2) is 5.14. The number of aryl methyl sites for hydroxylation is 1. The maximum Gasteiger partial charge on any atom is 0.130 e. The molecule has 1 atom stereocenters. The molecule has 0 aliphatic carbocycles. The molecule has 0 bridgehead atoms. The summed E-state index contributed by atoms with van der Waals surface area (Å²) in [6.45, 7) is 2.46. The van der Waals surface area contributed by atoms with Gasteiger partial charge in [-0.05, 0) is 13.0 Å². The van der Waals surface area contributed by atoms with Gasteiger partial charge in [-0.3, -0.25) is 0 Å². The molecule has 0 aromatic carbocycles. The molecule has 72 valence electrons. The lowest BCUT2D eigenvalue weighted by Gasteiger charge is -2.06. The van der Waals surface area contributed by atoms with Crippen LogP contribution >= 0.6 is 11.6 Å². The second-order valence-corrected chi connectivity index (χ2v) is 3.49. The van der Waals surface area contributed by atoms with Gasteiger partial charge in [0.25, 0.3) is 0 Å². The fourth-order valence-electron chi connectivity index (χ4n) is 1.04. The average molecular weight is 201 g/mol. The topological polar surface area (TPSA) is 35.0 Å². The van der Waals surface area contributed by atoms with Gasteiger partial charge in [-0.15, -0.1) is 11.6 Å². The molecule has 0 N–H and O–H groups in total. The van der Waals surface area contributed by atoms with Gasteiger partial charge in [0, 0.05) is 25.4 Å². The van der Waals surface area contributed by atoms with Crippen LogP contribution in [0.25, 0.3) is 0 Å². The SMILES string of the molecule is COCC(Cl)Cc1nccc(C)n1. The summed E-state index contributed by atoms with van der Waals surface area (Å²) in [5.74, 6) is 0.775. The molecule has 0 saturated carbocycles. The molecule has 1 aromatic rings. The predicted octanol–water partition coefficient (Wildman–Crippen LogP) is 1.58. The maximum atomic E-state index is 5.96. The van der Waals surface area contributed by atoms with Crippen molar-refractivity contribution in [3.63, 3.8) is 0 Å². The minimum atomic E-state index is -0.0493. The van der Waals surface area contributed by atoms with Gasteiger partial charge in [-0.2, -0.15) is 0 Å². The average Bonchev–Trinajstić information content (AvgIpc) is 2.04. The van der Waals surface area contributed by atoms with Gasteiger partial charge in [0.2, 0.25) is 0 Å². The van der Waals surface area contributed by atoms with E-state index in [1.807, 2.05) is 13.0 Å². The number of aromatic nitrogens is 2. The zero-order chi connectivity index (χ0) is 9.68. The molecule has 1 unspecified atom stereocenters. The molecule has 3 nitrogen and oxygen atoms in total. The van der Waals surface area contributed by atoms with E-state index in [0.29, 0.717) is 13.0 Å². The van der Waals surface area contributed by atoms with E-state index in [-0.39, 0.29) is 5.38 Å². The smallest absolute Gasteiger partial charge is 0.130 e. The molecule has 0 amide bonds. The largest absolute Gasteiger partial charge is 0.383 e. The number of methoxy groups -OCH3 is 1. The van der Waals surface area contributed by atoms with Crippen molar-refractivity contribution in [3.8, 4) is 0 Å². The quantitative estimate of drug-likeness (QED) is 0.693. The van der Waals surface area contributed by atoms with Crippen LogP contribution in [0.3, 0.4) is 0 Å². The summed E-state index contributed by atoms with van der Waals surface area (Å²) in [5, 5.41) is -0.0493. The van der Waals surface area contributed by atoms with Crippen LogP contribution in [0.4, 0.5) is 0 Å². The number of hydrogen-bond acceptors (Lipinski definition) is 3. The third-order valence-corrected chi connectivity index (χ3v) is 1.88. The van der Waals surface area contributed by atoms with E-state index in [1.165, 1.54) is 0 Å². The summed E-state index contributed by atoms with van der Waals surface area (Å²) in [6.07, 6.45) is 2.39. The fraction of sp³-hybridized carbons (Fsp3) is 0.556. The molecule has 0 aliphatic heterocycles. The Bertz CT molecular complexity index is 268. The maximum absolute atomic E-state index is 5.96. The molecule has 13 heavy (non-hydrogen) atoms. The van der Waals surface area contributed by atoms with Crippen molar-refractivity contribution in [1.29, 1.82) is 0 Å². The van der Waals surface area contributed by atoms with Crippen molar-refractivity contribution >= 4 is 11.6 Å². The number of nitrogens with zero attached hydrogens (tertiary/aromatic N) is 2. The Labute approximate surface area is 83.1 Å². The fourth-order valence-corrected chi connectivity index (χ4v) is 1.30. The highest BCUT2D eigenvalue weighted by Gasteiger charge is 2.07. The third-order valence-electron chi connectivity index (χ3n) is 1.60. The Hall–Kier alpha value is -0.670. The van der Waals surface area contributed by atoms with E-state index >= 15 is 0 Å². The normalized spacial score (nSPS) is 12.8. The Balaban J connectivity index is 2.53. The summed E-state index contributed by atoms with van der Waals surface area (Å²) in [4.78, 5) is 8.35. The van der Waals surface area contributed by atoms with Crippen LogP contribution in [0.1, 0.15) is 11.5 Å². The molecule has 0 spiro atoms. The Morgan fingerprint density at radius 1 is 1.62 bits per heavy atom. The van der Waals surface area contributed by atoms with E-state index in [2.05, 4.69) is 9.97 Å². The van der Waals surface area contributed by atoms with E-state index < -0.39 is 0 Å². The summed E-state index contributed by atoms with van der Waals surface area (Å²) >= 11 is 5.96. The van der Waals surface area contributed by atoms with Crippen LogP contribution in [-0.4, -0.2) is 29.1 Å². The molecule has 0 radical (unpaired) electrons. The zero-order valence-electron chi connectivity index (χ0n) is 7.83. The Morgan fingerprint density at radius 3 is 3.00 bits per heavy atom. The first-order chi connectivity index (χ1) is 6.22. The Kier molecular flexibility index (Phi) is 4.12. The molecule has 1 heterocycles. The molecular formula is C9H13ClN2O. The summed E-state index contributed by atoms with van der Waals surface area (Å²) in [6, 6.07) is 1.86. The first-order valence-corrected chi connectivity index (χ1v) is 4.57. The van der Waals surface area contributed by atoms with E-state index in [9.17, 15) is 0 Å². The molecule has 0 aliphatic rings. The zero-order valence-corrected chi connectivity index (χ0v) is 8.58. The Morgan fingerprint density at radius 2 is 2.38 bits per heavy atom. The summed E-state index contributed by atoms with van der Waals surface area (Å²) < 4.78 is 4.92. The molecule has 0 fully saturated rings. The van der Waals surface area contributed by atoms with Crippen molar-refractivity contribution in [1.82, 2.24) is 9.97 Å². The van der Waals surface area contributed by atoms with Gasteiger partial charge in [-0.25, -0.2) is 9.97 Å². The van der Waals surface area contributed by atoms with Crippen LogP contribution in [-0.2, 0) is 11.2 Å². The van der Waals surface area contributed by atoms with Crippen molar-refractivity contribution in [3.05, 3.63) is 23.8 Å². The highest BCUT2D eigenvalue weighted by Crippen LogP contribution is 2.04. The third kappa shape index (κ3) is 3.70. The molecule has 1 aromatic heterocycles. The van der Waals surface area contributed by atoms with E-state index in [0.717, 1.165) is 11.5 Å². The number of alkyl halides is 1. The molecule has 0 saturated heterocycles. The van der Waals surface area contributed by atoms with E-state index in [1.54, 1.807) is 13.3 Å². The molecule has 4 heteroatoms. The predicted molar refractivity (Wildman–Crippen MR) is 52.0 cm³/mol. The number of rotatable bonds is 4. The van der Waals surface area contributed by atoms with Gasteiger partial charge in [-0.1, -0.05) is 0 Å². The van der Waals surface area contributed by atoms with Crippen molar-refractivity contribution in [2.75, 3.05) is 13.7 Å². The number of halogens is 1. The lowest BCUT2D eigenvalue weighted by Crippen LogP contribution is -2.12. The van der Waals surface area contributed by atoms with Crippen molar-refractivity contribution in [2.24, 2.45) is 0 Å². The summed E-state index contributed by atoms with van der Waals surface area (Å²) in [5.41, 5.74) is 0.964. The van der Waals surface area contributed by atoms with Crippen LogP contribution in [0.5, 0.6) is 0 Å². The van der Waals surface area contributed by atoms with Crippen molar-refractivity contribution < 1.29 is 4.74 Å². The van der Waals surface area contributed by atoms with Gasteiger partial charge in [0.15, 0.2) is 0 Å². The van der Waals surface area contributed by atoms with Gasteiger partial charge in [0.1, 0.15) is 5.82 Å². The van der Waals surface area contributed by atoms with Crippen LogP contribution in [0, 0.1) is 6.92 Å². The van der Waals surface area contributed by atoms with Crippen LogP contribution < -0.4 is 0 Å². The monoisotopic (exact) mass is 200 g/mol. The minimum Gasteiger partial charge on any atom is -0.383 e. The van der Waals surface area contributed by atoms with Crippen LogP contribution in [0.2, 0.25) is 0 Å². The van der Waals surface area contributed by atoms with E-state index in [4.69, 9.17) is 16.3 Å². The lowest BCUT2D eigenvalue weighted by atomic mass is 10.3. The standard InChI is InChI=1S/C9H13ClN2O/c1-7-3-4-11-9(12-7)5-8(10)6-13-2/h3-4,8H,5-6H2,1-2H3.